The SMILES string of the molecule is CN1CCC[C@](O)(CF)C1. The van der Waals surface area contributed by atoms with E-state index in [9.17, 15) is 9.50 Å². The molecule has 1 heterocycles. The van der Waals surface area contributed by atoms with Crippen LogP contribution >= 0.6 is 0 Å². The highest BCUT2D eigenvalue weighted by molar-refractivity contribution is 4.85. The summed E-state index contributed by atoms with van der Waals surface area (Å²) < 4.78 is 12.2. The Balaban J connectivity index is 2.45. The summed E-state index contributed by atoms with van der Waals surface area (Å²) in [6.45, 7) is 0.836. The van der Waals surface area contributed by atoms with Crippen LogP contribution in [0.1, 0.15) is 12.8 Å². The molecule has 0 aromatic rings. The maximum absolute atomic E-state index is 12.2. The molecule has 0 saturated carbocycles. The molecular formula is C7H14FNO. The molecule has 1 saturated heterocycles. The lowest BCUT2D eigenvalue weighted by Crippen LogP contribution is -2.47. The Kier molecular flexibility index (Phi) is 2.26. The van der Waals surface area contributed by atoms with E-state index in [1.54, 1.807) is 0 Å². The Morgan fingerprint density at radius 3 is 2.80 bits per heavy atom. The minimum absolute atomic E-state index is 0.476. The average molecular weight is 147 g/mol. The van der Waals surface area contributed by atoms with Gasteiger partial charge < -0.3 is 10.0 Å². The minimum atomic E-state index is -1.05. The molecule has 0 amide bonds. The van der Waals surface area contributed by atoms with Crippen molar-refractivity contribution in [3.8, 4) is 0 Å². The normalized spacial score (nSPS) is 36.3. The van der Waals surface area contributed by atoms with Gasteiger partial charge in [-0.25, -0.2) is 4.39 Å². The molecular weight excluding hydrogens is 133 g/mol. The standard InChI is InChI=1S/C7H14FNO/c1-9-4-2-3-7(10,5-8)6-9/h10H,2-6H2,1H3/t7-/m0/s1. The maximum atomic E-state index is 12.2. The first-order valence-electron chi connectivity index (χ1n) is 3.63. The van der Waals surface area contributed by atoms with Gasteiger partial charge in [-0.05, 0) is 26.4 Å². The molecule has 0 aromatic heterocycles. The largest absolute Gasteiger partial charge is 0.386 e. The Labute approximate surface area is 60.6 Å². The van der Waals surface area contributed by atoms with Crippen LogP contribution in [-0.2, 0) is 0 Å². The van der Waals surface area contributed by atoms with Crippen LogP contribution in [0.25, 0.3) is 0 Å². The second kappa shape index (κ2) is 2.84. The molecule has 0 unspecified atom stereocenters. The smallest absolute Gasteiger partial charge is 0.119 e. The maximum Gasteiger partial charge on any atom is 0.119 e. The highest BCUT2D eigenvalue weighted by Gasteiger charge is 2.31. The first-order valence-corrected chi connectivity index (χ1v) is 3.63. The number of hydrogen-bond acceptors (Lipinski definition) is 2. The van der Waals surface area contributed by atoms with Crippen molar-refractivity contribution in [1.29, 1.82) is 0 Å². The molecule has 1 aliphatic heterocycles. The van der Waals surface area contributed by atoms with E-state index in [0.717, 1.165) is 13.0 Å². The van der Waals surface area contributed by atoms with Gasteiger partial charge in [-0.2, -0.15) is 0 Å². The molecule has 0 radical (unpaired) electrons. The van der Waals surface area contributed by atoms with E-state index in [1.807, 2.05) is 11.9 Å². The van der Waals surface area contributed by atoms with Gasteiger partial charge in [-0.15, -0.1) is 0 Å². The molecule has 2 nitrogen and oxygen atoms in total. The third-order valence-corrected chi connectivity index (χ3v) is 1.99. The van der Waals surface area contributed by atoms with Crippen LogP contribution < -0.4 is 0 Å². The Morgan fingerprint density at radius 2 is 2.40 bits per heavy atom. The summed E-state index contributed by atoms with van der Waals surface area (Å²) in [5, 5.41) is 9.43. The van der Waals surface area contributed by atoms with Gasteiger partial charge in [0.15, 0.2) is 0 Å². The molecule has 10 heavy (non-hydrogen) atoms. The number of aliphatic hydroxyl groups is 1. The molecule has 0 bridgehead atoms. The quantitative estimate of drug-likeness (QED) is 0.580. The fourth-order valence-electron chi connectivity index (χ4n) is 1.45. The topological polar surface area (TPSA) is 23.5 Å². The van der Waals surface area contributed by atoms with E-state index < -0.39 is 12.3 Å². The summed E-state index contributed by atoms with van der Waals surface area (Å²) >= 11 is 0. The lowest BCUT2D eigenvalue weighted by atomic mass is 9.95. The number of likely N-dealkylation sites (tertiary alicyclic amines) is 1. The molecule has 0 aliphatic carbocycles. The molecule has 1 N–H and O–H groups in total. The van der Waals surface area contributed by atoms with Crippen molar-refractivity contribution in [2.75, 3.05) is 26.8 Å². The van der Waals surface area contributed by atoms with Gasteiger partial charge in [0.2, 0.25) is 0 Å². The summed E-state index contributed by atoms with van der Waals surface area (Å²) in [6, 6.07) is 0. The van der Waals surface area contributed by atoms with Crippen molar-refractivity contribution in [1.82, 2.24) is 4.90 Å². The summed E-state index contributed by atoms with van der Waals surface area (Å²) in [6.07, 6.45) is 1.50. The first kappa shape index (κ1) is 7.95. The van der Waals surface area contributed by atoms with E-state index in [0.29, 0.717) is 13.0 Å². The lowest BCUT2D eigenvalue weighted by Gasteiger charge is -2.35. The zero-order valence-corrected chi connectivity index (χ0v) is 6.31. The third kappa shape index (κ3) is 1.67. The van der Waals surface area contributed by atoms with Gasteiger partial charge in [0.1, 0.15) is 12.3 Å². The van der Waals surface area contributed by atoms with Crippen LogP contribution in [0.3, 0.4) is 0 Å². The monoisotopic (exact) mass is 147 g/mol. The van der Waals surface area contributed by atoms with Crippen LogP contribution in [0.15, 0.2) is 0 Å². The first-order chi connectivity index (χ1) is 4.66. The van der Waals surface area contributed by atoms with Gasteiger partial charge >= 0.3 is 0 Å². The molecule has 1 rings (SSSR count). The zero-order valence-electron chi connectivity index (χ0n) is 6.31. The molecule has 60 valence electrons. The van der Waals surface area contributed by atoms with Gasteiger partial charge in [0.05, 0.1) is 0 Å². The van der Waals surface area contributed by atoms with Crippen LogP contribution in [0.5, 0.6) is 0 Å². The van der Waals surface area contributed by atoms with E-state index in [1.165, 1.54) is 0 Å². The van der Waals surface area contributed by atoms with Crippen LogP contribution in [0.4, 0.5) is 4.39 Å². The molecule has 1 atom stereocenters. The van der Waals surface area contributed by atoms with Crippen LogP contribution in [0, 0.1) is 0 Å². The Morgan fingerprint density at radius 1 is 1.70 bits per heavy atom. The number of hydrogen-bond donors (Lipinski definition) is 1. The van der Waals surface area contributed by atoms with Crippen molar-refractivity contribution in [3.63, 3.8) is 0 Å². The lowest BCUT2D eigenvalue weighted by molar-refractivity contribution is -0.0399. The van der Waals surface area contributed by atoms with E-state index in [-0.39, 0.29) is 0 Å². The predicted molar refractivity (Wildman–Crippen MR) is 37.7 cm³/mol. The highest BCUT2D eigenvalue weighted by Crippen LogP contribution is 2.19. The molecule has 0 aromatic carbocycles. The highest BCUT2D eigenvalue weighted by atomic mass is 19.1. The Hall–Kier alpha value is -0.150. The Bertz CT molecular complexity index is 120. The number of alkyl halides is 1. The second-order valence-electron chi connectivity index (χ2n) is 3.20. The number of halogens is 1. The van der Waals surface area contributed by atoms with E-state index >= 15 is 0 Å². The van der Waals surface area contributed by atoms with Crippen molar-refractivity contribution in [3.05, 3.63) is 0 Å². The molecule has 1 aliphatic rings. The van der Waals surface area contributed by atoms with Gasteiger partial charge in [0, 0.05) is 6.54 Å². The van der Waals surface area contributed by atoms with Crippen molar-refractivity contribution < 1.29 is 9.50 Å². The fourth-order valence-corrected chi connectivity index (χ4v) is 1.45. The van der Waals surface area contributed by atoms with Crippen molar-refractivity contribution >= 4 is 0 Å². The van der Waals surface area contributed by atoms with Crippen LogP contribution in [-0.4, -0.2) is 42.4 Å². The summed E-state index contributed by atoms with van der Waals surface area (Å²) in [7, 11) is 1.90. The van der Waals surface area contributed by atoms with E-state index in [4.69, 9.17) is 0 Å². The number of β-amino-alcohol motifs (C(OH)–C–C–N with tert-alkyl or cyclic N) is 1. The van der Waals surface area contributed by atoms with Gasteiger partial charge in [-0.3, -0.25) is 0 Å². The number of rotatable bonds is 1. The van der Waals surface area contributed by atoms with Crippen molar-refractivity contribution in [2.45, 2.75) is 18.4 Å². The zero-order chi connectivity index (χ0) is 7.61. The van der Waals surface area contributed by atoms with Gasteiger partial charge in [-0.1, -0.05) is 0 Å². The molecule has 0 spiro atoms. The summed E-state index contributed by atoms with van der Waals surface area (Å²) in [4.78, 5) is 1.96. The molecule has 1 fully saturated rings. The minimum Gasteiger partial charge on any atom is -0.386 e. The number of nitrogens with zero attached hydrogens (tertiary/aromatic N) is 1. The fraction of sp³-hybridized carbons (Fsp3) is 1.00. The van der Waals surface area contributed by atoms with Crippen LogP contribution in [0.2, 0.25) is 0 Å². The number of likely N-dealkylation sites (N-methyl/N-ethyl adjacent to an activating group) is 1. The second-order valence-corrected chi connectivity index (χ2v) is 3.20. The van der Waals surface area contributed by atoms with E-state index in [2.05, 4.69) is 0 Å². The molecule has 3 heteroatoms. The number of piperidine rings is 1. The summed E-state index contributed by atoms with van der Waals surface area (Å²) in [5.41, 5.74) is -1.05. The average Bonchev–Trinajstić information content (AvgIpc) is 1.88. The van der Waals surface area contributed by atoms with Gasteiger partial charge in [0.25, 0.3) is 0 Å². The summed E-state index contributed by atoms with van der Waals surface area (Å²) in [5.74, 6) is 0. The predicted octanol–water partition coefficient (Wildman–Crippen LogP) is 0.413. The van der Waals surface area contributed by atoms with Crippen molar-refractivity contribution in [2.24, 2.45) is 0 Å². The third-order valence-electron chi connectivity index (χ3n) is 1.99.